The third kappa shape index (κ3) is 6.04. The highest BCUT2D eigenvalue weighted by atomic mass is 32.2. The summed E-state index contributed by atoms with van der Waals surface area (Å²) in [7, 11) is -1.13. The van der Waals surface area contributed by atoms with E-state index < -0.39 is 21.4 Å². The highest BCUT2D eigenvalue weighted by Crippen LogP contribution is 2.40. The van der Waals surface area contributed by atoms with Crippen molar-refractivity contribution in [2.45, 2.75) is 70.3 Å². The highest BCUT2D eigenvalue weighted by molar-refractivity contribution is 7.93. The molecule has 1 aliphatic rings. The Morgan fingerprint density at radius 1 is 1.05 bits per heavy atom. The fraction of sp³-hybridized carbons (Fsp3) is 0.500. The van der Waals surface area contributed by atoms with Gasteiger partial charge in [0.2, 0.25) is 16.0 Å². The first-order valence-electron chi connectivity index (χ1n) is 12.7. The number of nitrogens with one attached hydrogen (secondary N) is 1. The lowest BCUT2D eigenvalue weighted by molar-refractivity contribution is -0.117. The summed E-state index contributed by atoms with van der Waals surface area (Å²) in [6.07, 6.45) is 3.28. The first-order chi connectivity index (χ1) is 18.6. The van der Waals surface area contributed by atoms with Crippen LogP contribution in [0.1, 0.15) is 69.3 Å². The Bertz CT molecular complexity index is 1400. The fourth-order valence-corrected chi connectivity index (χ4v) is 5.62. The standard InChI is InChI=1S/C26H34N6O6S/c1-15(2)38-23(24-27-13-16(3)14-28-24)17(4)39(34,35)31-26-30-29-25(18-10-11-19(33)12-18)32(26)22-20(36-5)8-7-9-21(22)37-6/h7-9,13-15,17-18,23H,10-12H2,1-6H3,(H,30,31)/t17?,18-,23?/m1/s1. The third-order valence-electron chi connectivity index (χ3n) is 6.55. The molecule has 1 N–H and O–H groups in total. The van der Waals surface area contributed by atoms with Gasteiger partial charge in [-0.2, -0.15) is 0 Å². The maximum atomic E-state index is 13.8. The second-order valence-corrected chi connectivity index (χ2v) is 11.8. The van der Waals surface area contributed by atoms with Gasteiger partial charge >= 0.3 is 0 Å². The number of hydrogen-bond acceptors (Lipinski definition) is 10. The number of methoxy groups -OCH3 is 2. The highest BCUT2D eigenvalue weighted by Gasteiger charge is 2.37. The second kappa shape index (κ2) is 11.7. The molecule has 1 fully saturated rings. The number of carbonyl (C=O) groups excluding carboxylic acids is 1. The summed E-state index contributed by atoms with van der Waals surface area (Å²) >= 11 is 0. The van der Waals surface area contributed by atoms with Crippen LogP contribution in [0.2, 0.25) is 0 Å². The van der Waals surface area contributed by atoms with Crippen LogP contribution in [0, 0.1) is 6.92 Å². The van der Waals surface area contributed by atoms with Crippen molar-refractivity contribution >= 4 is 21.8 Å². The van der Waals surface area contributed by atoms with E-state index in [1.54, 1.807) is 35.2 Å². The number of benzene rings is 1. The van der Waals surface area contributed by atoms with Crippen molar-refractivity contribution in [1.82, 2.24) is 24.7 Å². The van der Waals surface area contributed by atoms with Crippen molar-refractivity contribution in [3.63, 3.8) is 0 Å². The Hall–Kier alpha value is -3.58. The Morgan fingerprint density at radius 3 is 2.23 bits per heavy atom. The van der Waals surface area contributed by atoms with E-state index in [1.165, 1.54) is 21.1 Å². The van der Waals surface area contributed by atoms with Gasteiger partial charge in [0.1, 0.15) is 40.1 Å². The number of carbonyl (C=O) groups is 1. The Morgan fingerprint density at radius 2 is 1.69 bits per heavy atom. The van der Waals surface area contributed by atoms with Crippen molar-refractivity contribution in [2.24, 2.45) is 0 Å². The third-order valence-corrected chi connectivity index (χ3v) is 8.24. The van der Waals surface area contributed by atoms with Gasteiger partial charge in [-0.15, -0.1) is 10.2 Å². The van der Waals surface area contributed by atoms with Crippen molar-refractivity contribution in [3.05, 3.63) is 47.8 Å². The van der Waals surface area contributed by atoms with Gasteiger partial charge in [-0.3, -0.25) is 14.1 Å². The zero-order valence-corrected chi connectivity index (χ0v) is 23.7. The summed E-state index contributed by atoms with van der Waals surface area (Å²) < 4.78 is 48.9. The zero-order chi connectivity index (χ0) is 28.3. The van der Waals surface area contributed by atoms with Crippen molar-refractivity contribution in [3.8, 4) is 17.2 Å². The Labute approximate surface area is 228 Å². The molecule has 0 amide bonds. The van der Waals surface area contributed by atoms with E-state index in [9.17, 15) is 13.2 Å². The maximum Gasteiger partial charge on any atom is 0.243 e. The van der Waals surface area contributed by atoms with Gasteiger partial charge in [-0.1, -0.05) is 6.07 Å². The topological polar surface area (TPSA) is 147 Å². The molecule has 1 aliphatic carbocycles. The lowest BCUT2D eigenvalue weighted by atomic mass is 10.1. The molecule has 210 valence electrons. The molecule has 0 bridgehead atoms. The van der Waals surface area contributed by atoms with Crippen LogP contribution in [0.25, 0.3) is 5.69 Å². The zero-order valence-electron chi connectivity index (χ0n) is 22.9. The molecular weight excluding hydrogens is 524 g/mol. The monoisotopic (exact) mass is 558 g/mol. The summed E-state index contributed by atoms with van der Waals surface area (Å²) in [4.78, 5) is 20.8. The maximum absolute atomic E-state index is 13.8. The van der Waals surface area contributed by atoms with Gasteiger partial charge in [0.05, 0.1) is 20.3 Å². The van der Waals surface area contributed by atoms with Crippen LogP contribution >= 0.6 is 0 Å². The minimum absolute atomic E-state index is 0.0629. The van der Waals surface area contributed by atoms with Gasteiger partial charge in [-0.05, 0) is 51.8 Å². The average Bonchev–Trinajstić information content (AvgIpc) is 3.52. The van der Waals surface area contributed by atoms with Gasteiger partial charge in [0.15, 0.2) is 5.82 Å². The molecule has 2 unspecified atom stereocenters. The van der Waals surface area contributed by atoms with Crippen molar-refractivity contribution in [2.75, 3.05) is 18.9 Å². The predicted octanol–water partition coefficient (Wildman–Crippen LogP) is 3.52. The number of nitrogens with zero attached hydrogens (tertiary/aromatic N) is 5. The number of anilines is 1. The molecule has 13 heteroatoms. The first-order valence-corrected chi connectivity index (χ1v) is 14.2. The number of aromatic nitrogens is 5. The smallest absolute Gasteiger partial charge is 0.243 e. The molecule has 3 aromatic rings. The van der Waals surface area contributed by atoms with E-state index in [1.807, 2.05) is 20.8 Å². The van der Waals surface area contributed by atoms with E-state index in [-0.39, 0.29) is 36.0 Å². The number of hydrogen-bond donors (Lipinski definition) is 1. The predicted molar refractivity (Wildman–Crippen MR) is 144 cm³/mol. The number of ketones is 1. The molecule has 1 saturated carbocycles. The van der Waals surface area contributed by atoms with Crippen LogP contribution in [-0.4, -0.2) is 64.5 Å². The summed E-state index contributed by atoms with van der Waals surface area (Å²) in [6.45, 7) is 7.00. The van der Waals surface area contributed by atoms with E-state index in [2.05, 4.69) is 24.9 Å². The minimum Gasteiger partial charge on any atom is -0.494 e. The van der Waals surface area contributed by atoms with E-state index in [0.29, 0.717) is 35.9 Å². The van der Waals surface area contributed by atoms with Gasteiger partial charge in [0, 0.05) is 31.2 Å². The Balaban J connectivity index is 1.79. The number of aryl methyl sites for hydroxylation is 1. The molecule has 2 heterocycles. The Kier molecular flexibility index (Phi) is 8.50. The number of ether oxygens (including phenoxy) is 3. The number of Topliss-reactive ketones (excluding diaryl/α,β-unsaturated/α-hetero) is 1. The van der Waals surface area contributed by atoms with Gasteiger partial charge in [-0.25, -0.2) is 18.4 Å². The average molecular weight is 559 g/mol. The first kappa shape index (κ1) is 28.4. The number of rotatable bonds is 11. The van der Waals surface area contributed by atoms with Crippen LogP contribution in [0.15, 0.2) is 30.6 Å². The quantitative estimate of drug-likeness (QED) is 0.371. The summed E-state index contributed by atoms with van der Waals surface area (Å²) in [6, 6.07) is 5.21. The van der Waals surface area contributed by atoms with E-state index >= 15 is 0 Å². The largest absolute Gasteiger partial charge is 0.494 e. The normalized spacial score (nSPS) is 17.3. The van der Waals surface area contributed by atoms with E-state index in [4.69, 9.17) is 14.2 Å². The van der Waals surface area contributed by atoms with E-state index in [0.717, 1.165) is 5.56 Å². The summed E-state index contributed by atoms with van der Waals surface area (Å²) in [5.41, 5.74) is 1.26. The SMILES string of the molecule is COc1cccc(OC)c1-n1c(NS(=O)(=O)C(C)C(OC(C)C)c2ncc(C)cn2)nnc1[C@@H]1CCC(=O)C1. The number of para-hydroxylation sites is 1. The lowest BCUT2D eigenvalue weighted by Gasteiger charge is -2.26. The molecule has 0 aliphatic heterocycles. The summed E-state index contributed by atoms with van der Waals surface area (Å²) in [5.74, 6) is 1.34. The molecule has 0 saturated heterocycles. The van der Waals surface area contributed by atoms with Crippen LogP contribution in [0.4, 0.5) is 5.95 Å². The van der Waals surface area contributed by atoms with Crippen LogP contribution < -0.4 is 14.2 Å². The molecule has 0 spiro atoms. The second-order valence-electron chi connectivity index (χ2n) is 9.78. The molecule has 2 aromatic heterocycles. The molecule has 39 heavy (non-hydrogen) atoms. The van der Waals surface area contributed by atoms with Gasteiger partial charge in [0.25, 0.3) is 0 Å². The van der Waals surface area contributed by atoms with Crippen LogP contribution in [0.3, 0.4) is 0 Å². The molecular formula is C26H34N6O6S. The molecule has 3 atom stereocenters. The molecule has 0 radical (unpaired) electrons. The van der Waals surface area contributed by atoms with Gasteiger partial charge < -0.3 is 14.2 Å². The molecule has 1 aromatic carbocycles. The van der Waals surface area contributed by atoms with Crippen LogP contribution in [0.5, 0.6) is 11.5 Å². The minimum atomic E-state index is -4.13. The lowest BCUT2D eigenvalue weighted by Crippen LogP contribution is -2.35. The summed E-state index contributed by atoms with van der Waals surface area (Å²) in [5, 5.41) is 7.44. The van der Waals surface area contributed by atoms with Crippen molar-refractivity contribution < 1.29 is 27.4 Å². The molecule has 12 nitrogen and oxygen atoms in total. The molecule has 4 rings (SSSR count). The van der Waals surface area contributed by atoms with Crippen LogP contribution in [-0.2, 0) is 19.6 Å². The fourth-order valence-electron chi connectivity index (χ4n) is 4.54. The number of sulfonamides is 1. The van der Waals surface area contributed by atoms with Crippen molar-refractivity contribution in [1.29, 1.82) is 0 Å².